The Bertz CT molecular complexity index is 2720. The van der Waals surface area contributed by atoms with E-state index in [4.69, 9.17) is 8.83 Å². The SMILES string of the molecule is c1ccc(-c2cccc3cccc(-c4cccc(N(c5ccc6c(c5)oc5ccccc56)c5ccc6c(c5)oc5ccccc56)c4)c23)cc1. The Labute approximate surface area is 282 Å². The zero-order valence-corrected chi connectivity index (χ0v) is 26.5. The van der Waals surface area contributed by atoms with E-state index < -0.39 is 0 Å². The number of rotatable bonds is 5. The largest absolute Gasteiger partial charge is 0.456 e. The number of anilines is 3. The third-order valence-electron chi connectivity index (χ3n) is 9.65. The van der Waals surface area contributed by atoms with Gasteiger partial charge in [-0.25, -0.2) is 0 Å². The van der Waals surface area contributed by atoms with Gasteiger partial charge in [0.1, 0.15) is 22.3 Å². The molecule has 0 aliphatic heterocycles. The highest BCUT2D eigenvalue weighted by molar-refractivity contribution is 6.09. The summed E-state index contributed by atoms with van der Waals surface area (Å²) in [5.74, 6) is 0. The van der Waals surface area contributed by atoms with Gasteiger partial charge in [0.2, 0.25) is 0 Å². The molecule has 0 N–H and O–H groups in total. The zero-order valence-electron chi connectivity index (χ0n) is 26.5. The molecule has 3 heteroatoms. The Morgan fingerprint density at radius 2 is 0.816 bits per heavy atom. The maximum atomic E-state index is 6.38. The van der Waals surface area contributed by atoms with Crippen LogP contribution in [-0.4, -0.2) is 0 Å². The topological polar surface area (TPSA) is 29.5 Å². The Kier molecular flexibility index (Phi) is 6.18. The first-order chi connectivity index (χ1) is 24.3. The van der Waals surface area contributed by atoms with E-state index in [1.807, 2.05) is 24.3 Å². The van der Waals surface area contributed by atoms with Crippen molar-refractivity contribution >= 4 is 71.7 Å². The first kappa shape index (κ1) is 27.5. The monoisotopic (exact) mass is 627 g/mol. The van der Waals surface area contributed by atoms with Crippen LogP contribution < -0.4 is 4.90 Å². The van der Waals surface area contributed by atoms with Gasteiger partial charge in [0.15, 0.2) is 0 Å². The summed E-state index contributed by atoms with van der Waals surface area (Å²) in [7, 11) is 0. The second-order valence-electron chi connectivity index (χ2n) is 12.5. The van der Waals surface area contributed by atoms with E-state index in [2.05, 4.69) is 157 Å². The van der Waals surface area contributed by atoms with Crippen molar-refractivity contribution in [1.82, 2.24) is 0 Å². The van der Waals surface area contributed by atoms with Gasteiger partial charge in [0, 0.05) is 50.7 Å². The minimum atomic E-state index is 0.853. The number of hydrogen-bond acceptors (Lipinski definition) is 3. The average molecular weight is 628 g/mol. The van der Waals surface area contributed by atoms with E-state index in [1.165, 1.54) is 27.5 Å². The van der Waals surface area contributed by atoms with Gasteiger partial charge >= 0.3 is 0 Å². The van der Waals surface area contributed by atoms with Crippen LogP contribution in [0.1, 0.15) is 0 Å². The van der Waals surface area contributed by atoms with Crippen molar-refractivity contribution in [2.45, 2.75) is 0 Å². The van der Waals surface area contributed by atoms with Crippen molar-refractivity contribution < 1.29 is 8.83 Å². The molecule has 2 heterocycles. The molecule has 10 rings (SSSR count). The molecule has 0 aliphatic carbocycles. The fourth-order valence-electron chi connectivity index (χ4n) is 7.41. The summed E-state index contributed by atoms with van der Waals surface area (Å²) < 4.78 is 12.8. The van der Waals surface area contributed by atoms with Crippen molar-refractivity contribution in [3.63, 3.8) is 0 Å². The first-order valence-corrected chi connectivity index (χ1v) is 16.6. The number of para-hydroxylation sites is 2. The van der Waals surface area contributed by atoms with Crippen molar-refractivity contribution in [3.8, 4) is 22.3 Å². The van der Waals surface area contributed by atoms with E-state index in [1.54, 1.807) is 0 Å². The number of furan rings is 2. The standard InChI is InChI=1S/C46H29NO2/c1-2-11-30(12-3-1)36-19-9-13-31-14-10-20-37(46(31)36)32-15-8-16-33(27-32)47(34-23-25-40-38-17-4-6-21-42(38)48-44(40)28-34)35-24-26-41-39-18-5-7-22-43(39)49-45(41)29-35/h1-29H. The number of fused-ring (bicyclic) bond motifs is 7. The fourth-order valence-corrected chi connectivity index (χ4v) is 7.41. The molecule has 0 saturated heterocycles. The molecule has 8 aromatic carbocycles. The Balaban J connectivity index is 1.19. The highest BCUT2D eigenvalue weighted by Crippen LogP contribution is 2.43. The molecule has 0 bridgehead atoms. The Morgan fingerprint density at radius 3 is 1.45 bits per heavy atom. The maximum absolute atomic E-state index is 6.38. The number of hydrogen-bond donors (Lipinski definition) is 0. The molecule has 2 aromatic heterocycles. The van der Waals surface area contributed by atoms with Crippen LogP contribution in [0.15, 0.2) is 185 Å². The minimum Gasteiger partial charge on any atom is -0.456 e. The summed E-state index contributed by atoms with van der Waals surface area (Å²) in [5, 5.41) is 6.90. The molecule has 0 atom stereocenters. The van der Waals surface area contributed by atoms with Gasteiger partial charge in [-0.15, -0.1) is 0 Å². The van der Waals surface area contributed by atoms with Crippen LogP contribution in [0.3, 0.4) is 0 Å². The molecule has 0 aliphatic rings. The van der Waals surface area contributed by atoms with Gasteiger partial charge in [0.25, 0.3) is 0 Å². The van der Waals surface area contributed by atoms with Crippen LogP contribution in [-0.2, 0) is 0 Å². The summed E-state index contributed by atoms with van der Waals surface area (Å²) >= 11 is 0. The molecule has 0 fully saturated rings. The number of benzene rings is 8. The molecule has 0 spiro atoms. The van der Waals surface area contributed by atoms with Crippen LogP contribution in [0.2, 0.25) is 0 Å². The first-order valence-electron chi connectivity index (χ1n) is 16.6. The fraction of sp³-hybridized carbons (Fsp3) is 0. The van der Waals surface area contributed by atoms with Crippen LogP contribution in [0.4, 0.5) is 17.1 Å². The molecule has 0 saturated carbocycles. The number of nitrogens with zero attached hydrogens (tertiary/aromatic N) is 1. The molecule has 0 radical (unpaired) electrons. The lowest BCUT2D eigenvalue weighted by atomic mass is 9.91. The van der Waals surface area contributed by atoms with Crippen LogP contribution in [0.5, 0.6) is 0 Å². The molecule has 0 unspecified atom stereocenters. The van der Waals surface area contributed by atoms with Gasteiger partial charge in [-0.1, -0.05) is 115 Å². The predicted molar refractivity (Wildman–Crippen MR) is 204 cm³/mol. The van der Waals surface area contributed by atoms with Gasteiger partial charge in [-0.3, -0.25) is 0 Å². The predicted octanol–water partition coefficient (Wildman–Crippen LogP) is 13.4. The van der Waals surface area contributed by atoms with Crippen molar-refractivity contribution in [2.24, 2.45) is 0 Å². The lowest BCUT2D eigenvalue weighted by Crippen LogP contribution is -2.10. The summed E-state index contributed by atoms with van der Waals surface area (Å²) in [6, 6.07) is 62.1. The lowest BCUT2D eigenvalue weighted by molar-refractivity contribution is 0.669. The quantitative estimate of drug-likeness (QED) is 0.190. The normalized spacial score (nSPS) is 11.7. The second-order valence-corrected chi connectivity index (χ2v) is 12.5. The third kappa shape index (κ3) is 4.51. The minimum absolute atomic E-state index is 0.853. The van der Waals surface area contributed by atoms with E-state index in [0.717, 1.165) is 66.5 Å². The summed E-state index contributed by atoms with van der Waals surface area (Å²) in [6.45, 7) is 0. The van der Waals surface area contributed by atoms with E-state index >= 15 is 0 Å². The van der Waals surface area contributed by atoms with E-state index in [0.29, 0.717) is 0 Å². The molecular weight excluding hydrogens is 599 g/mol. The molecule has 10 aromatic rings. The smallest absolute Gasteiger partial charge is 0.137 e. The third-order valence-corrected chi connectivity index (χ3v) is 9.65. The molecular formula is C46H29NO2. The maximum Gasteiger partial charge on any atom is 0.137 e. The summed E-state index contributed by atoms with van der Waals surface area (Å²) in [6.07, 6.45) is 0. The van der Waals surface area contributed by atoms with Gasteiger partial charge in [-0.05, 0) is 81.6 Å². The highest BCUT2D eigenvalue weighted by atomic mass is 16.3. The molecule has 3 nitrogen and oxygen atoms in total. The highest BCUT2D eigenvalue weighted by Gasteiger charge is 2.19. The van der Waals surface area contributed by atoms with Gasteiger partial charge < -0.3 is 13.7 Å². The van der Waals surface area contributed by atoms with Gasteiger partial charge in [-0.2, -0.15) is 0 Å². The molecule has 0 amide bonds. The zero-order chi connectivity index (χ0) is 32.3. The molecule has 230 valence electrons. The Hall–Kier alpha value is -6.58. The molecule has 49 heavy (non-hydrogen) atoms. The van der Waals surface area contributed by atoms with Crippen LogP contribution in [0, 0.1) is 0 Å². The van der Waals surface area contributed by atoms with Crippen molar-refractivity contribution in [2.75, 3.05) is 4.90 Å². The second kappa shape index (κ2) is 11.0. The summed E-state index contributed by atoms with van der Waals surface area (Å²) in [5.41, 5.74) is 11.3. The van der Waals surface area contributed by atoms with E-state index in [9.17, 15) is 0 Å². The Morgan fingerprint density at radius 1 is 0.327 bits per heavy atom. The lowest BCUT2D eigenvalue weighted by Gasteiger charge is -2.26. The van der Waals surface area contributed by atoms with Gasteiger partial charge in [0.05, 0.1) is 0 Å². The van der Waals surface area contributed by atoms with Crippen molar-refractivity contribution in [1.29, 1.82) is 0 Å². The summed E-state index contributed by atoms with van der Waals surface area (Å²) in [4.78, 5) is 2.30. The van der Waals surface area contributed by atoms with Crippen LogP contribution >= 0.6 is 0 Å². The van der Waals surface area contributed by atoms with Crippen molar-refractivity contribution in [3.05, 3.63) is 176 Å². The van der Waals surface area contributed by atoms with Crippen LogP contribution in [0.25, 0.3) is 76.9 Å². The average Bonchev–Trinajstić information content (AvgIpc) is 3.72. The van der Waals surface area contributed by atoms with E-state index in [-0.39, 0.29) is 0 Å².